The lowest BCUT2D eigenvalue weighted by Crippen LogP contribution is -2.24. The average molecular weight is 341 g/mol. The lowest BCUT2D eigenvalue weighted by Gasteiger charge is -2.15. The van der Waals surface area contributed by atoms with Crippen molar-refractivity contribution in [2.24, 2.45) is 5.73 Å². The van der Waals surface area contributed by atoms with Crippen molar-refractivity contribution in [1.29, 1.82) is 0 Å². The molecule has 3 rings (SSSR count). The van der Waals surface area contributed by atoms with Gasteiger partial charge in [0, 0.05) is 29.8 Å². The highest BCUT2D eigenvalue weighted by molar-refractivity contribution is 5.73. The second-order valence-corrected chi connectivity index (χ2v) is 5.73. The number of benzene rings is 1. The summed E-state index contributed by atoms with van der Waals surface area (Å²) in [5.74, 6) is -1.48. The van der Waals surface area contributed by atoms with Crippen molar-refractivity contribution in [3.05, 3.63) is 40.6 Å². The van der Waals surface area contributed by atoms with Gasteiger partial charge in [-0.05, 0) is 31.5 Å². The fourth-order valence-corrected chi connectivity index (χ4v) is 2.72. The van der Waals surface area contributed by atoms with Crippen LogP contribution < -0.4 is 10.5 Å². The molecule has 1 atom stereocenters. The van der Waals surface area contributed by atoms with Gasteiger partial charge in [-0.1, -0.05) is 0 Å². The second kappa shape index (κ2) is 5.70. The van der Waals surface area contributed by atoms with Crippen molar-refractivity contribution in [3.63, 3.8) is 0 Å². The van der Waals surface area contributed by atoms with E-state index in [9.17, 15) is 17.6 Å². The highest BCUT2D eigenvalue weighted by Crippen LogP contribution is 2.41. The number of halogens is 4. The van der Waals surface area contributed by atoms with Gasteiger partial charge in [0.15, 0.2) is 0 Å². The SMILES string of the molecule is Cc1nc(C(F)(F)F)nc(-c2cc(F)cc3c2O[C@H](CN)C3)c1C. The number of ether oxygens (including phenoxy) is 1. The van der Waals surface area contributed by atoms with Crippen molar-refractivity contribution in [2.45, 2.75) is 32.5 Å². The molecular weight excluding hydrogens is 326 g/mol. The Kier molecular flexibility index (Phi) is 3.95. The van der Waals surface area contributed by atoms with Crippen LogP contribution in [0.5, 0.6) is 5.75 Å². The smallest absolute Gasteiger partial charge is 0.451 e. The third-order valence-electron chi connectivity index (χ3n) is 4.02. The Morgan fingerprint density at radius 3 is 2.58 bits per heavy atom. The molecule has 24 heavy (non-hydrogen) atoms. The first-order valence-corrected chi connectivity index (χ1v) is 7.32. The van der Waals surface area contributed by atoms with E-state index < -0.39 is 17.8 Å². The minimum absolute atomic E-state index is 0.0169. The van der Waals surface area contributed by atoms with Crippen LogP contribution in [0.2, 0.25) is 0 Å². The van der Waals surface area contributed by atoms with Crippen molar-refractivity contribution in [1.82, 2.24) is 9.97 Å². The van der Waals surface area contributed by atoms with E-state index in [1.165, 1.54) is 13.0 Å². The quantitative estimate of drug-likeness (QED) is 0.853. The molecule has 4 nitrogen and oxygen atoms in total. The van der Waals surface area contributed by atoms with E-state index in [1.54, 1.807) is 6.92 Å². The van der Waals surface area contributed by atoms with Crippen LogP contribution in [0.4, 0.5) is 17.6 Å². The Labute approximate surface area is 135 Å². The van der Waals surface area contributed by atoms with E-state index in [2.05, 4.69) is 9.97 Å². The molecule has 0 saturated carbocycles. The molecule has 0 radical (unpaired) electrons. The highest BCUT2D eigenvalue weighted by Gasteiger charge is 2.36. The molecule has 0 aliphatic carbocycles. The molecule has 0 bridgehead atoms. The monoisotopic (exact) mass is 341 g/mol. The first-order valence-electron chi connectivity index (χ1n) is 7.32. The Morgan fingerprint density at radius 2 is 1.96 bits per heavy atom. The average Bonchev–Trinajstić information content (AvgIpc) is 2.91. The van der Waals surface area contributed by atoms with Crippen LogP contribution in [0, 0.1) is 19.7 Å². The lowest BCUT2D eigenvalue weighted by molar-refractivity contribution is -0.145. The zero-order valence-electron chi connectivity index (χ0n) is 13.0. The fourth-order valence-electron chi connectivity index (χ4n) is 2.72. The van der Waals surface area contributed by atoms with Crippen LogP contribution in [0.25, 0.3) is 11.3 Å². The van der Waals surface area contributed by atoms with E-state index in [0.717, 1.165) is 6.07 Å². The summed E-state index contributed by atoms with van der Waals surface area (Å²) >= 11 is 0. The molecule has 2 heterocycles. The zero-order chi connectivity index (χ0) is 17.6. The van der Waals surface area contributed by atoms with Crippen molar-refractivity contribution in [3.8, 4) is 17.0 Å². The van der Waals surface area contributed by atoms with E-state index in [0.29, 0.717) is 23.3 Å². The van der Waals surface area contributed by atoms with Crippen LogP contribution in [0.3, 0.4) is 0 Å². The molecule has 0 saturated heterocycles. The van der Waals surface area contributed by atoms with E-state index in [1.807, 2.05) is 0 Å². The Bertz CT molecular complexity index is 805. The van der Waals surface area contributed by atoms with Gasteiger partial charge in [-0.3, -0.25) is 0 Å². The molecular formula is C16H15F4N3O. The van der Waals surface area contributed by atoms with Gasteiger partial charge in [0.2, 0.25) is 5.82 Å². The number of rotatable bonds is 2. The number of aromatic nitrogens is 2. The van der Waals surface area contributed by atoms with Crippen LogP contribution in [-0.2, 0) is 12.6 Å². The summed E-state index contributed by atoms with van der Waals surface area (Å²) in [4.78, 5) is 7.12. The van der Waals surface area contributed by atoms with Crippen LogP contribution in [0.1, 0.15) is 22.6 Å². The first-order chi connectivity index (χ1) is 11.2. The molecule has 2 aromatic rings. The van der Waals surface area contributed by atoms with Gasteiger partial charge in [-0.15, -0.1) is 0 Å². The summed E-state index contributed by atoms with van der Waals surface area (Å²) in [5.41, 5.74) is 6.98. The Hall–Kier alpha value is -2.22. The van der Waals surface area contributed by atoms with E-state index >= 15 is 0 Å². The fraction of sp³-hybridized carbons (Fsp3) is 0.375. The Balaban J connectivity index is 2.23. The summed E-state index contributed by atoms with van der Waals surface area (Å²) in [5, 5.41) is 0. The van der Waals surface area contributed by atoms with Gasteiger partial charge >= 0.3 is 6.18 Å². The summed E-state index contributed by atoms with van der Waals surface area (Å²) in [6, 6.07) is 2.44. The molecule has 1 aliphatic rings. The maximum absolute atomic E-state index is 14.0. The number of nitrogens with two attached hydrogens (primary N) is 1. The number of nitrogens with zero attached hydrogens (tertiary/aromatic N) is 2. The molecule has 0 amide bonds. The van der Waals surface area contributed by atoms with Gasteiger partial charge in [0.1, 0.15) is 17.7 Å². The normalized spacial score (nSPS) is 16.9. The van der Waals surface area contributed by atoms with Gasteiger partial charge in [0.05, 0.1) is 5.69 Å². The molecule has 1 aromatic carbocycles. The Morgan fingerprint density at radius 1 is 1.25 bits per heavy atom. The summed E-state index contributed by atoms with van der Waals surface area (Å²) in [6.45, 7) is 3.28. The second-order valence-electron chi connectivity index (χ2n) is 5.73. The first kappa shape index (κ1) is 16.6. The van der Waals surface area contributed by atoms with Crippen molar-refractivity contribution < 1.29 is 22.3 Å². The molecule has 1 aliphatic heterocycles. The van der Waals surface area contributed by atoms with Crippen molar-refractivity contribution >= 4 is 0 Å². The van der Waals surface area contributed by atoms with E-state index in [4.69, 9.17) is 10.5 Å². The highest BCUT2D eigenvalue weighted by atomic mass is 19.4. The number of aryl methyl sites for hydroxylation is 1. The van der Waals surface area contributed by atoms with Gasteiger partial charge in [-0.25, -0.2) is 14.4 Å². The number of alkyl halides is 3. The van der Waals surface area contributed by atoms with Crippen molar-refractivity contribution in [2.75, 3.05) is 6.54 Å². The summed E-state index contributed by atoms with van der Waals surface area (Å²) < 4.78 is 58.7. The molecule has 1 aromatic heterocycles. The number of hydrogen-bond donors (Lipinski definition) is 1. The third kappa shape index (κ3) is 2.82. The molecule has 0 unspecified atom stereocenters. The molecule has 2 N–H and O–H groups in total. The van der Waals surface area contributed by atoms with Gasteiger partial charge < -0.3 is 10.5 Å². The molecule has 8 heteroatoms. The number of hydrogen-bond acceptors (Lipinski definition) is 4. The molecule has 0 spiro atoms. The van der Waals surface area contributed by atoms with E-state index in [-0.39, 0.29) is 29.6 Å². The predicted octanol–water partition coefficient (Wildman–Crippen LogP) is 3.18. The van der Waals surface area contributed by atoms with Crippen LogP contribution >= 0.6 is 0 Å². The maximum atomic E-state index is 14.0. The van der Waals surface area contributed by atoms with Gasteiger partial charge in [-0.2, -0.15) is 13.2 Å². The third-order valence-corrected chi connectivity index (χ3v) is 4.02. The largest absolute Gasteiger partial charge is 0.488 e. The standard InChI is InChI=1S/C16H15F4N3O/c1-7-8(2)22-15(16(18,19)20)23-13(7)12-5-10(17)3-9-4-11(6-21)24-14(9)12/h3,5,11H,4,6,21H2,1-2H3/t11-/m0/s1. The molecule has 128 valence electrons. The maximum Gasteiger partial charge on any atom is 0.451 e. The summed E-state index contributed by atoms with van der Waals surface area (Å²) in [7, 11) is 0. The van der Waals surface area contributed by atoms with Crippen LogP contribution in [0.15, 0.2) is 12.1 Å². The van der Waals surface area contributed by atoms with Crippen LogP contribution in [-0.4, -0.2) is 22.6 Å². The summed E-state index contributed by atoms with van der Waals surface area (Å²) in [6.07, 6.45) is -4.61. The lowest BCUT2D eigenvalue weighted by atomic mass is 10.0. The minimum Gasteiger partial charge on any atom is -0.488 e. The zero-order valence-corrected chi connectivity index (χ0v) is 13.0. The minimum atomic E-state index is -4.69. The molecule has 0 fully saturated rings. The van der Waals surface area contributed by atoms with Gasteiger partial charge in [0.25, 0.3) is 0 Å². The number of fused-ring (bicyclic) bond motifs is 1. The predicted molar refractivity (Wildman–Crippen MR) is 79.1 cm³/mol. The topological polar surface area (TPSA) is 61.0 Å².